The first kappa shape index (κ1) is 10.5. The number of hydrogen-bond acceptors (Lipinski definition) is 2. The van der Waals surface area contributed by atoms with E-state index in [1.54, 1.807) is 18.0 Å². The van der Waals surface area contributed by atoms with E-state index in [1.165, 1.54) is 25.7 Å². The second-order valence-electron chi connectivity index (χ2n) is 3.90. The lowest BCUT2D eigenvalue weighted by atomic mass is 10.1. The van der Waals surface area contributed by atoms with Crippen molar-refractivity contribution in [2.24, 2.45) is 5.92 Å². The first-order chi connectivity index (χ1) is 7.40. The summed E-state index contributed by atoms with van der Waals surface area (Å²) in [5, 5.41) is 0. The average molecular weight is 218 g/mol. The van der Waals surface area contributed by atoms with E-state index in [1.807, 2.05) is 12.1 Å². The lowest BCUT2D eigenvalue weighted by Gasteiger charge is -2.08. The van der Waals surface area contributed by atoms with Crippen LogP contribution in [-0.2, 0) is 0 Å². The minimum Gasteiger partial charge on any atom is -0.360 e. The van der Waals surface area contributed by atoms with Crippen molar-refractivity contribution in [3.8, 4) is 0 Å². The number of hydrogen-bond donors (Lipinski definition) is 0. The summed E-state index contributed by atoms with van der Waals surface area (Å²) in [4.78, 5) is 8.54. The zero-order valence-electron chi connectivity index (χ0n) is 8.65. The van der Waals surface area contributed by atoms with Crippen molar-refractivity contribution in [1.29, 1.82) is 0 Å². The van der Waals surface area contributed by atoms with Gasteiger partial charge in [0.15, 0.2) is 0 Å². The normalized spacial score (nSPS) is 16.5. The monoisotopic (exact) mass is 218 g/mol. The minimum atomic E-state index is 0.556. The van der Waals surface area contributed by atoms with Crippen molar-refractivity contribution in [2.75, 3.05) is 5.75 Å². The largest absolute Gasteiger partial charge is 0.360 e. The van der Waals surface area contributed by atoms with E-state index in [2.05, 4.69) is 9.83 Å². The molecule has 0 aliphatic heterocycles. The highest BCUT2D eigenvalue weighted by Crippen LogP contribution is 2.33. The fourth-order valence-corrected chi connectivity index (χ4v) is 3.11. The molecule has 15 heavy (non-hydrogen) atoms. The number of pyridine rings is 1. The Morgan fingerprint density at radius 1 is 1.47 bits per heavy atom. The zero-order valence-corrected chi connectivity index (χ0v) is 9.46. The van der Waals surface area contributed by atoms with Gasteiger partial charge in [0, 0.05) is 4.90 Å². The number of rotatable bonds is 3. The molecule has 1 aromatic heterocycles. The third-order valence-electron chi connectivity index (χ3n) is 2.81. The van der Waals surface area contributed by atoms with Crippen LogP contribution in [0.1, 0.15) is 25.7 Å². The van der Waals surface area contributed by atoms with Crippen LogP contribution in [0.4, 0.5) is 5.82 Å². The maximum absolute atomic E-state index is 7.02. The maximum atomic E-state index is 7.02. The van der Waals surface area contributed by atoms with Gasteiger partial charge in [-0.3, -0.25) is 0 Å². The molecule has 0 radical (unpaired) electrons. The first-order valence-corrected chi connectivity index (χ1v) is 6.34. The first-order valence-electron chi connectivity index (χ1n) is 5.35. The van der Waals surface area contributed by atoms with Crippen molar-refractivity contribution < 1.29 is 0 Å². The molecule has 1 fully saturated rings. The zero-order chi connectivity index (χ0) is 10.5. The molecule has 0 atom stereocenters. The molecular formula is C12H14N2S. The molecule has 1 heterocycles. The van der Waals surface area contributed by atoms with Gasteiger partial charge in [-0.25, -0.2) is 0 Å². The molecule has 0 saturated heterocycles. The lowest BCUT2D eigenvalue weighted by molar-refractivity contribution is 0.623. The Hall–Kier alpha value is -1.01. The molecule has 78 valence electrons. The number of nitrogens with zero attached hydrogens (tertiary/aromatic N) is 2. The molecule has 0 amide bonds. The van der Waals surface area contributed by atoms with E-state index in [-0.39, 0.29) is 0 Å². The van der Waals surface area contributed by atoms with Gasteiger partial charge in [0.2, 0.25) is 0 Å². The predicted molar refractivity (Wildman–Crippen MR) is 63.2 cm³/mol. The van der Waals surface area contributed by atoms with E-state index in [4.69, 9.17) is 6.57 Å². The molecule has 0 aromatic carbocycles. The molecule has 1 aliphatic carbocycles. The average Bonchev–Trinajstić information content (AvgIpc) is 2.79. The lowest BCUT2D eigenvalue weighted by Crippen LogP contribution is -1.96. The van der Waals surface area contributed by atoms with Crippen molar-refractivity contribution in [3.63, 3.8) is 0 Å². The molecule has 1 saturated carbocycles. The Morgan fingerprint density at radius 3 is 3.00 bits per heavy atom. The summed E-state index contributed by atoms with van der Waals surface area (Å²) in [6.07, 6.45) is 7.18. The number of aromatic nitrogens is 1. The van der Waals surface area contributed by atoms with E-state index in [0.717, 1.165) is 16.6 Å². The van der Waals surface area contributed by atoms with Gasteiger partial charge in [0.25, 0.3) is 5.82 Å². The second kappa shape index (κ2) is 5.18. The highest BCUT2D eigenvalue weighted by Gasteiger charge is 2.15. The Kier molecular flexibility index (Phi) is 3.63. The summed E-state index contributed by atoms with van der Waals surface area (Å²) < 4.78 is 0. The Labute approximate surface area is 94.9 Å². The van der Waals surface area contributed by atoms with Crippen molar-refractivity contribution >= 4 is 17.6 Å². The van der Waals surface area contributed by atoms with Gasteiger partial charge in [-0.1, -0.05) is 25.5 Å². The summed E-state index contributed by atoms with van der Waals surface area (Å²) in [6.45, 7) is 7.02. The van der Waals surface area contributed by atoms with Crippen LogP contribution in [0.2, 0.25) is 0 Å². The molecule has 3 heteroatoms. The topological polar surface area (TPSA) is 17.2 Å². The highest BCUT2D eigenvalue weighted by molar-refractivity contribution is 7.99. The van der Waals surface area contributed by atoms with Gasteiger partial charge in [0.1, 0.15) is 6.20 Å². The van der Waals surface area contributed by atoms with Gasteiger partial charge in [-0.15, -0.1) is 16.7 Å². The maximum Gasteiger partial charge on any atom is 0.283 e. The Morgan fingerprint density at radius 2 is 2.27 bits per heavy atom. The Balaban J connectivity index is 1.95. The summed E-state index contributed by atoms with van der Waals surface area (Å²) in [6, 6.07) is 3.91. The van der Waals surface area contributed by atoms with Crippen molar-refractivity contribution in [2.45, 2.75) is 30.6 Å². The van der Waals surface area contributed by atoms with Crippen LogP contribution in [0.15, 0.2) is 23.2 Å². The smallest absolute Gasteiger partial charge is 0.283 e. The molecule has 2 nitrogen and oxygen atoms in total. The third-order valence-corrected chi connectivity index (χ3v) is 4.07. The summed E-state index contributed by atoms with van der Waals surface area (Å²) in [7, 11) is 0. The third kappa shape index (κ3) is 2.73. The molecule has 2 rings (SSSR count). The fourth-order valence-electron chi connectivity index (χ4n) is 1.96. The fraction of sp³-hybridized carbons (Fsp3) is 0.500. The van der Waals surface area contributed by atoms with E-state index >= 15 is 0 Å². The van der Waals surface area contributed by atoms with Crippen LogP contribution in [-0.4, -0.2) is 10.7 Å². The SMILES string of the molecule is [C-]#[N+]c1ncccc1SCC1CCCC1. The van der Waals surface area contributed by atoms with Crippen LogP contribution >= 0.6 is 11.8 Å². The molecule has 0 unspecified atom stereocenters. The molecule has 1 aromatic rings. The molecule has 0 N–H and O–H groups in total. The molecule has 0 spiro atoms. The van der Waals surface area contributed by atoms with Gasteiger partial charge < -0.3 is 4.85 Å². The summed E-state index contributed by atoms with van der Waals surface area (Å²) in [5.74, 6) is 2.56. The van der Waals surface area contributed by atoms with E-state index < -0.39 is 0 Å². The van der Waals surface area contributed by atoms with Crippen LogP contribution < -0.4 is 0 Å². The van der Waals surface area contributed by atoms with E-state index in [0.29, 0.717) is 5.82 Å². The Bertz CT molecular complexity index is 364. The summed E-state index contributed by atoms with van der Waals surface area (Å²) in [5.41, 5.74) is 0. The minimum absolute atomic E-state index is 0.556. The standard InChI is InChI=1S/C12H14N2S/c1-13-12-11(7-4-8-14-12)15-9-10-5-2-3-6-10/h4,7-8,10H,2-3,5-6,9H2. The van der Waals surface area contributed by atoms with Crippen molar-refractivity contribution in [1.82, 2.24) is 4.98 Å². The van der Waals surface area contributed by atoms with E-state index in [9.17, 15) is 0 Å². The number of thioether (sulfide) groups is 1. The van der Waals surface area contributed by atoms with Crippen LogP contribution in [0.25, 0.3) is 4.85 Å². The van der Waals surface area contributed by atoms with Crippen molar-refractivity contribution in [3.05, 3.63) is 29.7 Å². The predicted octanol–water partition coefficient (Wildman–Crippen LogP) is 3.91. The van der Waals surface area contributed by atoms with Crippen LogP contribution in [0.5, 0.6) is 0 Å². The van der Waals surface area contributed by atoms with Gasteiger partial charge in [-0.05, 0) is 30.6 Å². The van der Waals surface area contributed by atoms with Gasteiger partial charge in [0.05, 0.1) is 0 Å². The summed E-state index contributed by atoms with van der Waals surface area (Å²) >= 11 is 1.79. The highest BCUT2D eigenvalue weighted by atomic mass is 32.2. The molecular weight excluding hydrogens is 204 g/mol. The van der Waals surface area contributed by atoms with Crippen LogP contribution in [0.3, 0.4) is 0 Å². The van der Waals surface area contributed by atoms with Crippen LogP contribution in [0, 0.1) is 12.5 Å². The second-order valence-corrected chi connectivity index (χ2v) is 4.96. The molecule has 1 aliphatic rings. The van der Waals surface area contributed by atoms with Gasteiger partial charge >= 0.3 is 0 Å². The van der Waals surface area contributed by atoms with Gasteiger partial charge in [-0.2, -0.15) is 0 Å². The molecule has 0 bridgehead atoms. The quantitative estimate of drug-likeness (QED) is 0.565.